The fourth-order valence-corrected chi connectivity index (χ4v) is 2.66. The van der Waals surface area contributed by atoms with Gasteiger partial charge >= 0.3 is 0 Å². The summed E-state index contributed by atoms with van der Waals surface area (Å²) in [6, 6.07) is 10.7. The fourth-order valence-electron chi connectivity index (χ4n) is 2.66. The lowest BCUT2D eigenvalue weighted by atomic mass is 9.98. The van der Waals surface area contributed by atoms with Crippen LogP contribution >= 0.6 is 0 Å². The third-order valence-corrected chi connectivity index (χ3v) is 3.44. The van der Waals surface area contributed by atoms with Crippen LogP contribution in [0.3, 0.4) is 0 Å². The van der Waals surface area contributed by atoms with Gasteiger partial charge in [-0.25, -0.2) is 0 Å². The smallest absolute Gasteiger partial charge is 0.133 e. The zero-order valence-electron chi connectivity index (χ0n) is 12.6. The molecule has 0 bridgehead atoms. The standard InChI is InChI=1S/C16H23N3O/c1-11-6-5-7-14(8-11)16(13(3)17)19(4)10-15-9-12(2)20-18-15/h5-9,13,16H,10,17H2,1-4H3. The zero-order chi connectivity index (χ0) is 14.7. The maximum Gasteiger partial charge on any atom is 0.133 e. The Morgan fingerprint density at radius 1 is 1.30 bits per heavy atom. The van der Waals surface area contributed by atoms with Crippen molar-refractivity contribution in [2.24, 2.45) is 5.73 Å². The maximum atomic E-state index is 6.19. The monoisotopic (exact) mass is 273 g/mol. The van der Waals surface area contributed by atoms with Gasteiger partial charge in [-0.15, -0.1) is 0 Å². The predicted octanol–water partition coefficient (Wildman–Crippen LogP) is 2.81. The second kappa shape index (κ2) is 6.20. The van der Waals surface area contributed by atoms with E-state index >= 15 is 0 Å². The molecule has 1 heterocycles. The molecule has 20 heavy (non-hydrogen) atoms. The van der Waals surface area contributed by atoms with Gasteiger partial charge in [0, 0.05) is 24.7 Å². The number of aromatic nitrogens is 1. The van der Waals surface area contributed by atoms with E-state index in [1.165, 1.54) is 11.1 Å². The molecular formula is C16H23N3O. The quantitative estimate of drug-likeness (QED) is 0.910. The third-order valence-electron chi connectivity index (χ3n) is 3.44. The van der Waals surface area contributed by atoms with E-state index in [0.29, 0.717) is 0 Å². The van der Waals surface area contributed by atoms with Crippen LogP contribution in [0.2, 0.25) is 0 Å². The van der Waals surface area contributed by atoms with Gasteiger partial charge in [-0.05, 0) is 33.4 Å². The summed E-state index contributed by atoms with van der Waals surface area (Å²) < 4.78 is 5.12. The van der Waals surface area contributed by atoms with E-state index in [-0.39, 0.29) is 12.1 Å². The van der Waals surface area contributed by atoms with Crippen molar-refractivity contribution in [2.75, 3.05) is 7.05 Å². The average Bonchev–Trinajstić information content (AvgIpc) is 2.74. The van der Waals surface area contributed by atoms with Gasteiger partial charge in [0.25, 0.3) is 0 Å². The van der Waals surface area contributed by atoms with Gasteiger partial charge < -0.3 is 10.3 Å². The van der Waals surface area contributed by atoms with E-state index in [2.05, 4.69) is 48.3 Å². The summed E-state index contributed by atoms with van der Waals surface area (Å²) in [6.07, 6.45) is 0. The van der Waals surface area contributed by atoms with Crippen LogP contribution in [0.4, 0.5) is 0 Å². The lowest BCUT2D eigenvalue weighted by Gasteiger charge is -2.31. The number of likely N-dealkylation sites (N-methyl/N-ethyl adjacent to an activating group) is 1. The van der Waals surface area contributed by atoms with E-state index in [1.54, 1.807) is 0 Å². The first-order valence-corrected chi connectivity index (χ1v) is 6.92. The van der Waals surface area contributed by atoms with Crippen molar-refractivity contribution in [2.45, 2.75) is 39.4 Å². The van der Waals surface area contributed by atoms with Gasteiger partial charge in [-0.3, -0.25) is 4.90 Å². The first-order chi connectivity index (χ1) is 9.47. The van der Waals surface area contributed by atoms with Gasteiger partial charge in [0.1, 0.15) is 5.76 Å². The molecule has 0 amide bonds. The Labute approximate surface area is 120 Å². The van der Waals surface area contributed by atoms with Crippen LogP contribution in [-0.2, 0) is 6.54 Å². The molecule has 2 unspecified atom stereocenters. The molecule has 1 aromatic heterocycles. The van der Waals surface area contributed by atoms with Gasteiger partial charge in [0.05, 0.1) is 5.69 Å². The largest absolute Gasteiger partial charge is 0.361 e. The minimum atomic E-state index is 0.0368. The Balaban J connectivity index is 2.20. The zero-order valence-corrected chi connectivity index (χ0v) is 12.6. The van der Waals surface area contributed by atoms with Gasteiger partial charge in [0.15, 0.2) is 0 Å². The van der Waals surface area contributed by atoms with E-state index in [9.17, 15) is 0 Å². The Bertz CT molecular complexity index is 562. The number of hydrogen-bond donors (Lipinski definition) is 1. The molecule has 0 fully saturated rings. The second-order valence-corrected chi connectivity index (χ2v) is 5.56. The predicted molar refractivity (Wildman–Crippen MR) is 80.3 cm³/mol. The van der Waals surface area contributed by atoms with Crippen LogP contribution in [0, 0.1) is 13.8 Å². The molecule has 4 nitrogen and oxygen atoms in total. The lowest BCUT2D eigenvalue weighted by Crippen LogP contribution is -2.37. The number of benzene rings is 1. The van der Waals surface area contributed by atoms with Gasteiger partial charge in [0.2, 0.25) is 0 Å². The molecule has 0 aliphatic carbocycles. The molecule has 0 aliphatic rings. The summed E-state index contributed by atoms with van der Waals surface area (Å²) in [4.78, 5) is 2.22. The van der Waals surface area contributed by atoms with Crippen LogP contribution in [-0.4, -0.2) is 23.1 Å². The Morgan fingerprint density at radius 2 is 2.05 bits per heavy atom. The molecule has 2 rings (SSSR count). The van der Waals surface area contributed by atoms with Crippen molar-refractivity contribution >= 4 is 0 Å². The van der Waals surface area contributed by atoms with Crippen LogP contribution in [0.25, 0.3) is 0 Å². The second-order valence-electron chi connectivity index (χ2n) is 5.56. The molecule has 108 valence electrons. The van der Waals surface area contributed by atoms with E-state index in [4.69, 9.17) is 10.3 Å². The van der Waals surface area contributed by atoms with Crippen LogP contribution in [0.15, 0.2) is 34.9 Å². The molecule has 2 atom stereocenters. The van der Waals surface area contributed by atoms with Crippen molar-refractivity contribution in [1.82, 2.24) is 10.1 Å². The highest BCUT2D eigenvalue weighted by molar-refractivity contribution is 5.26. The molecule has 0 aliphatic heterocycles. The first-order valence-electron chi connectivity index (χ1n) is 6.92. The minimum Gasteiger partial charge on any atom is -0.361 e. The molecule has 0 spiro atoms. The molecule has 2 N–H and O–H groups in total. The van der Waals surface area contributed by atoms with E-state index < -0.39 is 0 Å². The van der Waals surface area contributed by atoms with E-state index in [1.807, 2.05) is 19.9 Å². The number of rotatable bonds is 5. The molecule has 4 heteroatoms. The molecule has 0 radical (unpaired) electrons. The lowest BCUT2D eigenvalue weighted by molar-refractivity contribution is 0.205. The summed E-state index contributed by atoms with van der Waals surface area (Å²) in [6.45, 7) is 6.76. The summed E-state index contributed by atoms with van der Waals surface area (Å²) in [5.41, 5.74) is 9.61. The summed E-state index contributed by atoms with van der Waals surface area (Å²) in [5, 5.41) is 4.05. The summed E-state index contributed by atoms with van der Waals surface area (Å²) in [7, 11) is 2.07. The van der Waals surface area contributed by atoms with Crippen molar-refractivity contribution in [3.8, 4) is 0 Å². The molecule has 2 aromatic rings. The third kappa shape index (κ3) is 3.46. The van der Waals surface area contributed by atoms with Crippen molar-refractivity contribution < 1.29 is 4.52 Å². The van der Waals surface area contributed by atoms with Crippen LogP contribution in [0.5, 0.6) is 0 Å². The minimum absolute atomic E-state index is 0.0368. The Morgan fingerprint density at radius 3 is 2.60 bits per heavy atom. The number of hydrogen-bond acceptors (Lipinski definition) is 4. The Kier molecular flexibility index (Phi) is 4.57. The van der Waals surface area contributed by atoms with Gasteiger partial charge in [-0.1, -0.05) is 35.0 Å². The average molecular weight is 273 g/mol. The fraction of sp³-hybridized carbons (Fsp3) is 0.438. The van der Waals surface area contributed by atoms with E-state index in [0.717, 1.165) is 18.0 Å². The number of nitrogens with zero attached hydrogens (tertiary/aromatic N) is 2. The first kappa shape index (κ1) is 14.8. The highest BCUT2D eigenvalue weighted by atomic mass is 16.5. The molecule has 1 aromatic carbocycles. The highest BCUT2D eigenvalue weighted by Gasteiger charge is 2.22. The Hall–Kier alpha value is -1.65. The highest BCUT2D eigenvalue weighted by Crippen LogP contribution is 2.24. The molecule has 0 saturated heterocycles. The van der Waals surface area contributed by atoms with Gasteiger partial charge in [-0.2, -0.15) is 0 Å². The topological polar surface area (TPSA) is 55.3 Å². The number of nitrogens with two attached hydrogens (primary N) is 1. The van der Waals surface area contributed by atoms with Crippen molar-refractivity contribution in [1.29, 1.82) is 0 Å². The summed E-state index contributed by atoms with van der Waals surface area (Å²) >= 11 is 0. The number of aryl methyl sites for hydroxylation is 2. The van der Waals surface area contributed by atoms with Crippen molar-refractivity contribution in [3.63, 3.8) is 0 Å². The SMILES string of the molecule is Cc1cccc(C(C(C)N)N(C)Cc2cc(C)on2)c1. The van der Waals surface area contributed by atoms with Crippen LogP contribution in [0.1, 0.15) is 35.5 Å². The van der Waals surface area contributed by atoms with Crippen LogP contribution < -0.4 is 5.73 Å². The summed E-state index contributed by atoms with van der Waals surface area (Å²) in [5.74, 6) is 0.835. The molecule has 0 saturated carbocycles. The maximum absolute atomic E-state index is 6.19. The van der Waals surface area contributed by atoms with Crippen molar-refractivity contribution in [3.05, 3.63) is 52.9 Å². The normalized spacial score (nSPS) is 14.5. The molecular weight excluding hydrogens is 250 g/mol.